The summed E-state index contributed by atoms with van der Waals surface area (Å²) < 4.78 is 0.644. The summed E-state index contributed by atoms with van der Waals surface area (Å²) in [6, 6.07) is 8.89. The number of fused-ring (bicyclic) bond motifs is 3. The standard InChI is InChI=1S/C17H11ClN4O4/c18-9-2-4-12-11(5-9)14-15(20-12)16(25)22(17(26)21-14)19-7-8-1-3-10(23)6-13(8)24/h1-7,20,23-24H,(H,21,26)/b19-7-. The van der Waals surface area contributed by atoms with Crippen molar-refractivity contribution in [2.24, 2.45) is 5.10 Å². The van der Waals surface area contributed by atoms with E-state index in [4.69, 9.17) is 11.6 Å². The zero-order valence-electron chi connectivity index (χ0n) is 13.0. The molecule has 0 unspecified atom stereocenters. The Kier molecular flexibility index (Phi) is 3.55. The molecule has 0 fully saturated rings. The third-order valence-corrected chi connectivity index (χ3v) is 4.15. The second-order valence-electron chi connectivity index (χ2n) is 5.60. The van der Waals surface area contributed by atoms with Gasteiger partial charge in [-0.15, -0.1) is 4.68 Å². The topological polar surface area (TPSA) is 123 Å². The molecule has 4 rings (SSSR count). The molecule has 0 aliphatic heterocycles. The predicted octanol–water partition coefficient (Wildman–Crippen LogP) is 2.12. The van der Waals surface area contributed by atoms with Crippen LogP contribution in [0.4, 0.5) is 0 Å². The lowest BCUT2D eigenvalue weighted by molar-refractivity contribution is 0.450. The van der Waals surface area contributed by atoms with Crippen molar-refractivity contribution in [2.45, 2.75) is 0 Å². The molecule has 130 valence electrons. The average molecular weight is 371 g/mol. The molecule has 9 heteroatoms. The van der Waals surface area contributed by atoms with E-state index in [9.17, 15) is 19.8 Å². The normalized spacial score (nSPS) is 11.7. The third kappa shape index (κ3) is 2.52. The van der Waals surface area contributed by atoms with Crippen LogP contribution in [0.25, 0.3) is 21.9 Å². The van der Waals surface area contributed by atoms with Crippen molar-refractivity contribution in [3.8, 4) is 11.5 Å². The van der Waals surface area contributed by atoms with E-state index in [1.807, 2.05) is 0 Å². The maximum Gasteiger partial charge on any atom is 0.350 e. The van der Waals surface area contributed by atoms with Crippen LogP contribution < -0.4 is 11.2 Å². The number of benzene rings is 2. The highest BCUT2D eigenvalue weighted by atomic mass is 35.5. The van der Waals surface area contributed by atoms with E-state index in [0.29, 0.717) is 26.1 Å². The highest BCUT2D eigenvalue weighted by Gasteiger charge is 2.13. The van der Waals surface area contributed by atoms with E-state index < -0.39 is 11.2 Å². The van der Waals surface area contributed by atoms with Crippen LogP contribution >= 0.6 is 11.6 Å². The van der Waals surface area contributed by atoms with Gasteiger partial charge in [-0.1, -0.05) is 11.6 Å². The van der Waals surface area contributed by atoms with Crippen molar-refractivity contribution in [1.82, 2.24) is 14.6 Å². The Morgan fingerprint density at radius 3 is 2.62 bits per heavy atom. The maximum atomic E-state index is 12.6. The Labute approximate surface area is 149 Å². The zero-order chi connectivity index (χ0) is 18.4. The first-order chi connectivity index (χ1) is 12.4. The number of nitrogens with one attached hydrogen (secondary N) is 2. The first-order valence-corrected chi connectivity index (χ1v) is 7.84. The van der Waals surface area contributed by atoms with Gasteiger partial charge in [-0.25, -0.2) is 4.79 Å². The van der Waals surface area contributed by atoms with Crippen LogP contribution in [0.1, 0.15) is 5.56 Å². The van der Waals surface area contributed by atoms with E-state index in [1.54, 1.807) is 18.2 Å². The van der Waals surface area contributed by atoms with Gasteiger partial charge in [-0.05, 0) is 30.3 Å². The van der Waals surface area contributed by atoms with Gasteiger partial charge in [0, 0.05) is 27.6 Å². The summed E-state index contributed by atoms with van der Waals surface area (Å²) >= 11 is 5.98. The van der Waals surface area contributed by atoms with Crippen LogP contribution in [0.2, 0.25) is 5.02 Å². The lowest BCUT2D eigenvalue weighted by Crippen LogP contribution is -2.32. The number of phenolic OH excluding ortho intramolecular Hbond substituents is 2. The highest BCUT2D eigenvalue weighted by Crippen LogP contribution is 2.24. The van der Waals surface area contributed by atoms with Gasteiger partial charge in [-0.3, -0.25) is 4.79 Å². The lowest BCUT2D eigenvalue weighted by Gasteiger charge is -2.00. The average Bonchev–Trinajstić information content (AvgIpc) is 2.94. The van der Waals surface area contributed by atoms with Crippen molar-refractivity contribution in [1.29, 1.82) is 0 Å². The summed E-state index contributed by atoms with van der Waals surface area (Å²) in [7, 11) is 0. The van der Waals surface area contributed by atoms with Gasteiger partial charge in [0.1, 0.15) is 17.0 Å². The van der Waals surface area contributed by atoms with Crippen LogP contribution in [-0.4, -0.2) is 31.1 Å². The molecule has 2 aromatic heterocycles. The smallest absolute Gasteiger partial charge is 0.350 e. The lowest BCUT2D eigenvalue weighted by atomic mass is 10.2. The van der Waals surface area contributed by atoms with Crippen molar-refractivity contribution in [2.75, 3.05) is 0 Å². The van der Waals surface area contributed by atoms with Gasteiger partial charge in [0.25, 0.3) is 0 Å². The quantitative estimate of drug-likeness (QED) is 0.403. The molecule has 0 radical (unpaired) electrons. The molecule has 4 N–H and O–H groups in total. The molecule has 0 saturated heterocycles. The highest BCUT2D eigenvalue weighted by molar-refractivity contribution is 6.31. The number of H-pyrrole nitrogens is 2. The van der Waals surface area contributed by atoms with Crippen molar-refractivity contribution in [3.63, 3.8) is 0 Å². The Morgan fingerprint density at radius 1 is 1.04 bits per heavy atom. The minimum Gasteiger partial charge on any atom is -0.508 e. The fourth-order valence-corrected chi connectivity index (χ4v) is 2.85. The number of rotatable bonds is 2. The number of phenols is 2. The molecule has 2 heterocycles. The van der Waals surface area contributed by atoms with E-state index in [1.165, 1.54) is 12.1 Å². The van der Waals surface area contributed by atoms with Gasteiger partial charge in [0.15, 0.2) is 0 Å². The van der Waals surface area contributed by atoms with E-state index in [0.717, 1.165) is 12.3 Å². The first-order valence-electron chi connectivity index (χ1n) is 7.46. The minimum absolute atomic E-state index is 0.118. The molecular weight excluding hydrogens is 360 g/mol. The monoisotopic (exact) mass is 370 g/mol. The molecule has 8 nitrogen and oxygen atoms in total. The van der Waals surface area contributed by atoms with Gasteiger partial charge < -0.3 is 20.2 Å². The summed E-state index contributed by atoms with van der Waals surface area (Å²) in [5.41, 5.74) is 0.0153. The minimum atomic E-state index is -0.738. The van der Waals surface area contributed by atoms with E-state index in [2.05, 4.69) is 15.1 Å². The molecule has 0 aliphatic rings. The fourth-order valence-electron chi connectivity index (χ4n) is 2.68. The second kappa shape index (κ2) is 5.78. The third-order valence-electron chi connectivity index (χ3n) is 3.92. The molecule has 0 atom stereocenters. The number of aromatic amines is 2. The molecule has 0 saturated carbocycles. The first kappa shape index (κ1) is 16.0. The molecule has 4 aromatic rings. The second-order valence-corrected chi connectivity index (χ2v) is 6.04. The summed E-state index contributed by atoms with van der Waals surface area (Å²) in [5, 5.41) is 24.0. The number of aromatic nitrogens is 3. The predicted molar refractivity (Wildman–Crippen MR) is 98.5 cm³/mol. The van der Waals surface area contributed by atoms with E-state index in [-0.39, 0.29) is 22.6 Å². The van der Waals surface area contributed by atoms with E-state index >= 15 is 0 Å². The largest absolute Gasteiger partial charge is 0.508 e. The van der Waals surface area contributed by atoms with Crippen molar-refractivity contribution in [3.05, 3.63) is 67.8 Å². The van der Waals surface area contributed by atoms with Crippen LogP contribution in [0.5, 0.6) is 11.5 Å². The van der Waals surface area contributed by atoms with Crippen LogP contribution in [0.3, 0.4) is 0 Å². The van der Waals surface area contributed by atoms with Crippen LogP contribution in [-0.2, 0) is 0 Å². The number of hydrogen-bond donors (Lipinski definition) is 4. The fraction of sp³-hybridized carbons (Fsp3) is 0. The Bertz CT molecular complexity index is 1320. The Balaban J connectivity index is 1.91. The molecule has 26 heavy (non-hydrogen) atoms. The molecule has 0 aliphatic carbocycles. The summed E-state index contributed by atoms with van der Waals surface area (Å²) in [4.78, 5) is 30.5. The SMILES string of the molecule is O=c1[nH]c2c([nH]c3ccc(Cl)cc32)c(=O)n1/N=C\c1ccc(O)cc1O. The number of nitrogens with zero attached hydrogens (tertiary/aromatic N) is 2. The van der Waals surface area contributed by atoms with Crippen molar-refractivity contribution >= 4 is 39.8 Å². The maximum absolute atomic E-state index is 12.6. The zero-order valence-corrected chi connectivity index (χ0v) is 13.8. The molecule has 2 aromatic carbocycles. The van der Waals surface area contributed by atoms with Gasteiger partial charge in [0.2, 0.25) is 0 Å². The molecule has 0 amide bonds. The van der Waals surface area contributed by atoms with Gasteiger partial charge in [-0.2, -0.15) is 5.10 Å². The number of aromatic hydroxyl groups is 2. The number of halogens is 1. The van der Waals surface area contributed by atoms with Gasteiger partial charge >= 0.3 is 11.2 Å². The summed E-state index contributed by atoms with van der Waals surface area (Å²) in [6.45, 7) is 0. The molecule has 0 spiro atoms. The van der Waals surface area contributed by atoms with Crippen LogP contribution in [0, 0.1) is 0 Å². The Hall–Kier alpha value is -3.52. The summed E-state index contributed by atoms with van der Waals surface area (Å²) in [5.74, 6) is -0.354. The number of hydrogen-bond acceptors (Lipinski definition) is 5. The Morgan fingerprint density at radius 2 is 1.85 bits per heavy atom. The van der Waals surface area contributed by atoms with Crippen molar-refractivity contribution < 1.29 is 10.2 Å². The molecule has 0 bridgehead atoms. The van der Waals surface area contributed by atoms with Crippen LogP contribution in [0.15, 0.2) is 51.1 Å². The van der Waals surface area contributed by atoms with Gasteiger partial charge in [0.05, 0.1) is 11.7 Å². The summed E-state index contributed by atoms with van der Waals surface area (Å²) in [6.07, 6.45) is 1.15. The molecular formula is C17H11ClN4O4.